The molecule has 1 unspecified atom stereocenters. The van der Waals surface area contributed by atoms with E-state index in [4.69, 9.17) is 9.41 Å². The van der Waals surface area contributed by atoms with E-state index in [-0.39, 0.29) is 6.04 Å². The summed E-state index contributed by atoms with van der Waals surface area (Å²) >= 11 is 0. The molecule has 1 aliphatic heterocycles. The van der Waals surface area contributed by atoms with Gasteiger partial charge >= 0.3 is 0 Å². The van der Waals surface area contributed by atoms with Crippen molar-refractivity contribution in [3.05, 3.63) is 96.1 Å². The number of benzene rings is 4. The Labute approximate surface area is 193 Å². The fraction of sp³-hybridized carbons (Fsp3) is 0.0333. The molecule has 1 aliphatic carbocycles. The first-order chi connectivity index (χ1) is 16.9. The Morgan fingerprint density at radius 1 is 0.706 bits per heavy atom. The second-order valence-electron chi connectivity index (χ2n) is 9.24. The molecular formula is C30H17N3O. The third kappa shape index (κ3) is 1.86. The highest BCUT2D eigenvalue weighted by atomic mass is 16.3. The summed E-state index contributed by atoms with van der Waals surface area (Å²) < 4.78 is 8.64. The van der Waals surface area contributed by atoms with E-state index >= 15 is 0 Å². The van der Waals surface area contributed by atoms with Crippen molar-refractivity contribution in [2.45, 2.75) is 6.04 Å². The zero-order valence-electron chi connectivity index (χ0n) is 18.0. The largest absolute Gasteiger partial charge is 0.456 e. The lowest BCUT2D eigenvalue weighted by Crippen LogP contribution is -2.25. The van der Waals surface area contributed by atoms with E-state index in [2.05, 4.69) is 88.6 Å². The summed E-state index contributed by atoms with van der Waals surface area (Å²) in [5.74, 6) is 1.05. The summed E-state index contributed by atoms with van der Waals surface area (Å²) in [7, 11) is 0. The molecular weight excluding hydrogens is 418 g/mol. The van der Waals surface area contributed by atoms with Crippen LogP contribution in [0.25, 0.3) is 55.2 Å². The molecule has 0 bridgehead atoms. The van der Waals surface area contributed by atoms with Gasteiger partial charge in [0.15, 0.2) is 0 Å². The van der Waals surface area contributed by atoms with E-state index < -0.39 is 0 Å². The van der Waals surface area contributed by atoms with Crippen LogP contribution in [-0.4, -0.2) is 10.1 Å². The predicted molar refractivity (Wildman–Crippen MR) is 140 cm³/mol. The van der Waals surface area contributed by atoms with Gasteiger partial charge in [-0.15, -0.1) is 0 Å². The lowest BCUT2D eigenvalue weighted by atomic mass is 9.90. The van der Waals surface area contributed by atoms with Crippen LogP contribution in [0.15, 0.2) is 94.3 Å². The highest BCUT2D eigenvalue weighted by Gasteiger charge is 2.32. The van der Waals surface area contributed by atoms with E-state index in [9.17, 15) is 0 Å². The monoisotopic (exact) mass is 435 g/mol. The standard InChI is InChI=1S/C30H17N3O/c1-2-7-17-16(6-1)12-14-22-26(17)32-30-27(31-22)21-10-5-9-18-19-13-15-24-25(29(19)33(30)28(18)21)20-8-3-4-11-23(20)34-24/h1-15,26,32H. The molecule has 34 heavy (non-hydrogen) atoms. The molecule has 0 amide bonds. The SMILES string of the molecule is C1=Cc2ccccc2C2Nc3c(c4cccc5c6ccc7oc8ccccc8c7c6n3c45)N=C12. The molecule has 9 rings (SSSR count). The first-order valence-corrected chi connectivity index (χ1v) is 11.6. The molecule has 0 fully saturated rings. The van der Waals surface area contributed by atoms with Gasteiger partial charge in [-0.25, -0.2) is 4.99 Å². The van der Waals surface area contributed by atoms with Gasteiger partial charge in [-0.2, -0.15) is 0 Å². The van der Waals surface area contributed by atoms with Crippen LogP contribution >= 0.6 is 0 Å². The molecule has 1 atom stereocenters. The van der Waals surface area contributed by atoms with Crippen LogP contribution in [0.5, 0.6) is 0 Å². The van der Waals surface area contributed by atoms with Crippen molar-refractivity contribution in [2.24, 2.45) is 4.99 Å². The third-order valence-electron chi connectivity index (χ3n) is 7.55. The molecule has 158 valence electrons. The summed E-state index contributed by atoms with van der Waals surface area (Å²) in [4.78, 5) is 5.22. The zero-order chi connectivity index (χ0) is 22.0. The Balaban J connectivity index is 1.48. The summed E-state index contributed by atoms with van der Waals surface area (Å²) in [5, 5.41) is 9.85. The lowest BCUT2D eigenvalue weighted by Gasteiger charge is -2.28. The molecule has 2 aliphatic rings. The second kappa shape index (κ2) is 5.67. The molecule has 0 spiro atoms. The van der Waals surface area contributed by atoms with Crippen LogP contribution in [0, 0.1) is 0 Å². The van der Waals surface area contributed by atoms with Crippen molar-refractivity contribution in [3.63, 3.8) is 0 Å². The van der Waals surface area contributed by atoms with Crippen LogP contribution in [0.3, 0.4) is 0 Å². The molecule has 0 saturated heterocycles. The van der Waals surface area contributed by atoms with Crippen molar-refractivity contribution in [2.75, 3.05) is 5.32 Å². The quantitative estimate of drug-likeness (QED) is 0.264. The Bertz CT molecular complexity index is 2050. The van der Waals surface area contributed by atoms with Gasteiger partial charge in [0, 0.05) is 21.5 Å². The number of aliphatic imine (C=N–C) groups is 1. The average molecular weight is 435 g/mol. The number of nitrogens with zero attached hydrogens (tertiary/aromatic N) is 2. The zero-order valence-corrected chi connectivity index (χ0v) is 18.0. The van der Waals surface area contributed by atoms with Gasteiger partial charge in [0.1, 0.15) is 22.7 Å². The van der Waals surface area contributed by atoms with E-state index in [1.807, 2.05) is 12.1 Å². The van der Waals surface area contributed by atoms with Crippen molar-refractivity contribution in [1.29, 1.82) is 0 Å². The van der Waals surface area contributed by atoms with Crippen LogP contribution < -0.4 is 5.32 Å². The van der Waals surface area contributed by atoms with Crippen molar-refractivity contribution >= 4 is 72.4 Å². The molecule has 4 nitrogen and oxygen atoms in total. The minimum atomic E-state index is 0.0297. The molecule has 0 saturated carbocycles. The number of para-hydroxylation sites is 2. The third-order valence-corrected chi connectivity index (χ3v) is 7.55. The molecule has 7 aromatic rings. The van der Waals surface area contributed by atoms with E-state index in [0.29, 0.717) is 0 Å². The maximum absolute atomic E-state index is 6.25. The van der Waals surface area contributed by atoms with E-state index in [1.54, 1.807) is 0 Å². The number of anilines is 1. The molecule has 4 heteroatoms. The van der Waals surface area contributed by atoms with Gasteiger partial charge in [-0.05, 0) is 35.4 Å². The topological polar surface area (TPSA) is 41.9 Å². The predicted octanol–water partition coefficient (Wildman–Crippen LogP) is 7.85. The van der Waals surface area contributed by atoms with Crippen LogP contribution in [0.4, 0.5) is 11.5 Å². The number of fused-ring (bicyclic) bond motifs is 13. The first kappa shape index (κ1) is 17.0. The summed E-state index contributed by atoms with van der Waals surface area (Å²) in [6.07, 6.45) is 4.32. The van der Waals surface area contributed by atoms with Gasteiger partial charge in [-0.1, -0.05) is 66.7 Å². The van der Waals surface area contributed by atoms with Gasteiger partial charge in [0.25, 0.3) is 0 Å². The molecule has 0 radical (unpaired) electrons. The number of hydrogen-bond acceptors (Lipinski definition) is 3. The maximum Gasteiger partial charge on any atom is 0.139 e. The Morgan fingerprint density at radius 3 is 2.53 bits per heavy atom. The number of aromatic nitrogens is 1. The van der Waals surface area contributed by atoms with Gasteiger partial charge in [0.05, 0.1) is 28.2 Å². The Hall–Kier alpha value is -4.57. The van der Waals surface area contributed by atoms with Crippen LogP contribution in [0.2, 0.25) is 0 Å². The lowest BCUT2D eigenvalue weighted by molar-refractivity contribution is 0.669. The molecule has 4 aromatic carbocycles. The number of hydrogen-bond donors (Lipinski definition) is 1. The highest BCUT2D eigenvalue weighted by molar-refractivity contribution is 6.29. The summed E-state index contributed by atoms with van der Waals surface area (Å²) in [5.41, 5.74) is 8.80. The molecule has 3 aromatic heterocycles. The minimum Gasteiger partial charge on any atom is -0.456 e. The minimum absolute atomic E-state index is 0.0297. The van der Waals surface area contributed by atoms with E-state index in [1.165, 1.54) is 38.3 Å². The van der Waals surface area contributed by atoms with Gasteiger partial charge in [0.2, 0.25) is 0 Å². The van der Waals surface area contributed by atoms with Crippen molar-refractivity contribution in [1.82, 2.24) is 4.40 Å². The molecule has 1 N–H and O–H groups in total. The number of rotatable bonds is 0. The second-order valence-corrected chi connectivity index (χ2v) is 9.24. The normalized spacial score (nSPS) is 16.8. The van der Waals surface area contributed by atoms with Gasteiger partial charge in [-0.3, -0.25) is 4.40 Å². The fourth-order valence-corrected chi connectivity index (χ4v) is 6.13. The van der Waals surface area contributed by atoms with Gasteiger partial charge < -0.3 is 9.73 Å². The Kier molecular flexibility index (Phi) is 2.83. The maximum atomic E-state index is 6.25. The average Bonchev–Trinajstić information content (AvgIpc) is 3.53. The Morgan fingerprint density at radius 2 is 1.53 bits per heavy atom. The molecule has 4 heterocycles. The smallest absolute Gasteiger partial charge is 0.139 e. The van der Waals surface area contributed by atoms with E-state index in [0.717, 1.165) is 39.2 Å². The van der Waals surface area contributed by atoms with Crippen molar-refractivity contribution in [3.8, 4) is 0 Å². The van der Waals surface area contributed by atoms with Crippen LogP contribution in [-0.2, 0) is 0 Å². The highest BCUT2D eigenvalue weighted by Crippen LogP contribution is 2.50. The van der Waals surface area contributed by atoms with Crippen molar-refractivity contribution < 1.29 is 4.42 Å². The summed E-state index contributed by atoms with van der Waals surface area (Å²) in [6, 6.07) is 27.8. The fourth-order valence-electron chi connectivity index (χ4n) is 6.13. The summed E-state index contributed by atoms with van der Waals surface area (Å²) in [6.45, 7) is 0. The first-order valence-electron chi connectivity index (χ1n) is 11.6. The number of nitrogens with one attached hydrogen (secondary N) is 1. The number of furan rings is 1. The van der Waals surface area contributed by atoms with Crippen LogP contribution in [0.1, 0.15) is 17.2 Å².